The van der Waals surface area contributed by atoms with Crippen molar-refractivity contribution in [1.29, 1.82) is 0 Å². The number of fused-ring (bicyclic) bond motifs is 1. The summed E-state index contributed by atoms with van der Waals surface area (Å²) >= 11 is 6.10. The van der Waals surface area contributed by atoms with Crippen molar-refractivity contribution >= 4 is 35.1 Å². The first-order valence-corrected chi connectivity index (χ1v) is 10.9. The van der Waals surface area contributed by atoms with Gasteiger partial charge in [0.1, 0.15) is 18.2 Å². The predicted octanol–water partition coefficient (Wildman–Crippen LogP) is 2.43. The van der Waals surface area contributed by atoms with Crippen LogP contribution < -0.4 is 26.6 Å². The number of methoxy groups -OCH3 is 1. The van der Waals surface area contributed by atoms with Gasteiger partial charge in [0.15, 0.2) is 5.69 Å². The van der Waals surface area contributed by atoms with Crippen molar-refractivity contribution in [2.45, 2.75) is 13.1 Å². The van der Waals surface area contributed by atoms with Gasteiger partial charge in [0.25, 0.3) is 11.5 Å². The number of anilines is 2. The Morgan fingerprint density at radius 2 is 2.00 bits per heavy atom. The molecule has 9 nitrogen and oxygen atoms in total. The highest BCUT2D eigenvalue weighted by Gasteiger charge is 2.28. The molecule has 3 aromatic rings. The summed E-state index contributed by atoms with van der Waals surface area (Å²) in [6, 6.07) is 14.3. The van der Waals surface area contributed by atoms with E-state index in [4.69, 9.17) is 26.8 Å². The monoisotopic (exact) mass is 482 g/mol. The van der Waals surface area contributed by atoms with Gasteiger partial charge in [-0.2, -0.15) is 0 Å². The number of carbonyl (C=O) groups excluding carboxylic acids is 1. The zero-order valence-electron chi connectivity index (χ0n) is 18.4. The van der Waals surface area contributed by atoms with Gasteiger partial charge >= 0.3 is 5.69 Å². The molecule has 0 spiro atoms. The number of H-pyrrole nitrogens is 1. The van der Waals surface area contributed by atoms with Crippen LogP contribution in [0.5, 0.6) is 5.75 Å². The van der Waals surface area contributed by atoms with E-state index in [1.807, 2.05) is 30.3 Å². The van der Waals surface area contributed by atoms with Gasteiger partial charge in [-0.1, -0.05) is 41.9 Å². The summed E-state index contributed by atoms with van der Waals surface area (Å²) < 4.78 is 12.0. The predicted molar refractivity (Wildman–Crippen MR) is 130 cm³/mol. The normalized spacial score (nSPS) is 12.5. The number of amides is 1. The number of hydrogen-bond acceptors (Lipinski definition) is 6. The topological polar surface area (TPSA) is 120 Å². The van der Waals surface area contributed by atoms with E-state index in [9.17, 15) is 14.4 Å². The Labute approximate surface area is 200 Å². The summed E-state index contributed by atoms with van der Waals surface area (Å²) in [6.07, 6.45) is 1.68. The molecule has 1 aliphatic rings. The maximum absolute atomic E-state index is 13.7. The number of nitrogens with one attached hydrogen (secondary N) is 1. The van der Waals surface area contributed by atoms with Crippen molar-refractivity contribution < 1.29 is 14.3 Å². The number of nitrogens with two attached hydrogens (primary N) is 1. The first-order chi connectivity index (χ1) is 16.4. The Balaban J connectivity index is 1.82. The quantitative estimate of drug-likeness (QED) is 0.533. The third kappa shape index (κ3) is 4.75. The molecule has 1 aliphatic heterocycles. The second-order valence-corrected chi connectivity index (χ2v) is 8.09. The molecule has 0 aliphatic carbocycles. The van der Waals surface area contributed by atoms with E-state index in [-0.39, 0.29) is 37.8 Å². The second kappa shape index (κ2) is 9.98. The summed E-state index contributed by atoms with van der Waals surface area (Å²) in [4.78, 5) is 42.5. The highest BCUT2D eigenvalue weighted by atomic mass is 35.5. The van der Waals surface area contributed by atoms with Gasteiger partial charge in [0.05, 0.1) is 25.3 Å². The molecule has 10 heteroatoms. The van der Waals surface area contributed by atoms with Crippen molar-refractivity contribution in [2.24, 2.45) is 0 Å². The molecule has 4 rings (SSSR count). The SMILES string of the molecule is COCCn1c(N)c(N(Cc2ccccc2)C(=O)C2=Cc3cc(Cl)ccc3OC2)c(=O)[nH]c1=O. The minimum absolute atomic E-state index is 0.000120. The first-order valence-electron chi connectivity index (χ1n) is 10.5. The average molecular weight is 483 g/mol. The van der Waals surface area contributed by atoms with Crippen molar-refractivity contribution in [1.82, 2.24) is 9.55 Å². The minimum Gasteiger partial charge on any atom is -0.488 e. The summed E-state index contributed by atoms with van der Waals surface area (Å²) in [5, 5.41) is 0.499. The number of nitrogens with zero attached hydrogens (tertiary/aromatic N) is 2. The smallest absolute Gasteiger partial charge is 0.330 e. The number of rotatable bonds is 7. The molecule has 2 heterocycles. The molecule has 0 fully saturated rings. The standard InChI is InChI=1S/C24H23ClN4O5/c1-33-10-9-28-21(26)20(22(30)27-24(28)32)29(13-15-5-3-2-4-6-15)23(31)17-11-16-12-18(25)7-8-19(16)34-14-17/h2-8,11-12H,9-10,13-14,26H2,1H3,(H,27,30,32). The van der Waals surface area contributed by atoms with Gasteiger partial charge in [-0.15, -0.1) is 0 Å². The Hall–Kier alpha value is -3.82. The van der Waals surface area contributed by atoms with Crippen LogP contribution in [0.1, 0.15) is 11.1 Å². The van der Waals surface area contributed by atoms with Crippen LogP contribution in [-0.2, 0) is 22.6 Å². The van der Waals surface area contributed by atoms with Crippen LogP contribution in [0.4, 0.5) is 11.5 Å². The van der Waals surface area contributed by atoms with Crippen molar-refractivity contribution in [2.75, 3.05) is 31.0 Å². The summed E-state index contributed by atoms with van der Waals surface area (Å²) in [5.74, 6) is -0.0134. The lowest BCUT2D eigenvalue weighted by molar-refractivity contribution is -0.115. The van der Waals surface area contributed by atoms with Gasteiger partial charge < -0.3 is 15.2 Å². The maximum atomic E-state index is 13.7. The number of hydrogen-bond donors (Lipinski definition) is 2. The average Bonchev–Trinajstić information content (AvgIpc) is 2.83. The van der Waals surface area contributed by atoms with E-state index in [1.54, 1.807) is 24.3 Å². The lowest BCUT2D eigenvalue weighted by atomic mass is 10.1. The van der Waals surface area contributed by atoms with Gasteiger partial charge in [-0.3, -0.25) is 24.0 Å². The molecule has 0 radical (unpaired) electrons. The molecule has 34 heavy (non-hydrogen) atoms. The second-order valence-electron chi connectivity index (χ2n) is 7.65. The molecule has 3 N–H and O–H groups in total. The molecule has 0 saturated heterocycles. The molecule has 1 aromatic heterocycles. The molecule has 176 valence electrons. The molecule has 0 atom stereocenters. The Morgan fingerprint density at radius 1 is 1.24 bits per heavy atom. The fourth-order valence-electron chi connectivity index (χ4n) is 3.71. The summed E-state index contributed by atoms with van der Waals surface area (Å²) in [6.45, 7) is 0.351. The van der Waals surface area contributed by atoms with E-state index in [2.05, 4.69) is 4.98 Å². The van der Waals surface area contributed by atoms with Crippen LogP contribution >= 0.6 is 11.6 Å². The van der Waals surface area contributed by atoms with Gasteiger partial charge in [-0.25, -0.2) is 4.79 Å². The molecular weight excluding hydrogens is 460 g/mol. The van der Waals surface area contributed by atoms with E-state index >= 15 is 0 Å². The van der Waals surface area contributed by atoms with Crippen LogP contribution in [0, 0.1) is 0 Å². The highest BCUT2D eigenvalue weighted by molar-refractivity contribution is 6.30. The van der Waals surface area contributed by atoms with Gasteiger partial charge in [-0.05, 0) is 29.8 Å². The Morgan fingerprint density at radius 3 is 2.74 bits per heavy atom. The zero-order valence-corrected chi connectivity index (χ0v) is 19.2. The number of aromatic amines is 1. The number of carbonyl (C=O) groups is 1. The molecule has 1 amide bonds. The number of halogens is 1. The lowest BCUT2D eigenvalue weighted by Gasteiger charge is -2.27. The Kier molecular flexibility index (Phi) is 6.85. The van der Waals surface area contributed by atoms with Gasteiger partial charge in [0, 0.05) is 17.7 Å². The molecule has 0 bridgehead atoms. The summed E-state index contributed by atoms with van der Waals surface area (Å²) in [5.41, 5.74) is 6.42. The number of aromatic nitrogens is 2. The van der Waals surface area contributed by atoms with Crippen LogP contribution in [0.25, 0.3) is 6.08 Å². The van der Waals surface area contributed by atoms with E-state index in [0.29, 0.717) is 21.9 Å². The molecule has 2 aromatic carbocycles. The van der Waals surface area contributed by atoms with Crippen LogP contribution in [0.15, 0.2) is 63.7 Å². The molecule has 0 saturated carbocycles. The summed E-state index contributed by atoms with van der Waals surface area (Å²) in [7, 11) is 1.48. The third-order valence-corrected chi connectivity index (χ3v) is 5.63. The van der Waals surface area contributed by atoms with Crippen molar-refractivity contribution in [3.63, 3.8) is 0 Å². The number of ether oxygens (including phenoxy) is 2. The third-order valence-electron chi connectivity index (χ3n) is 5.39. The number of nitrogen functional groups attached to an aromatic ring is 1. The van der Waals surface area contributed by atoms with E-state index in [1.165, 1.54) is 16.6 Å². The Bertz CT molecular complexity index is 1360. The van der Waals surface area contributed by atoms with Gasteiger partial charge in [0.2, 0.25) is 0 Å². The fourth-order valence-corrected chi connectivity index (χ4v) is 3.89. The first kappa shape index (κ1) is 23.3. The van der Waals surface area contributed by atoms with Crippen LogP contribution in [0.3, 0.4) is 0 Å². The number of benzene rings is 2. The minimum atomic E-state index is -0.763. The molecule has 0 unspecified atom stereocenters. The van der Waals surface area contributed by atoms with Crippen molar-refractivity contribution in [3.8, 4) is 5.75 Å². The zero-order chi connectivity index (χ0) is 24.2. The van der Waals surface area contributed by atoms with E-state index < -0.39 is 17.2 Å². The van der Waals surface area contributed by atoms with Crippen LogP contribution in [0.2, 0.25) is 5.02 Å². The fraction of sp³-hybridized carbons (Fsp3) is 0.208. The molecular formula is C24H23ClN4O5. The largest absolute Gasteiger partial charge is 0.488 e. The van der Waals surface area contributed by atoms with Crippen LogP contribution in [-0.4, -0.2) is 35.8 Å². The lowest BCUT2D eigenvalue weighted by Crippen LogP contribution is -2.42. The maximum Gasteiger partial charge on any atom is 0.330 e. The van der Waals surface area contributed by atoms with E-state index in [0.717, 1.165) is 5.56 Å². The van der Waals surface area contributed by atoms with Crippen molar-refractivity contribution in [3.05, 3.63) is 91.1 Å². The highest BCUT2D eigenvalue weighted by Crippen LogP contribution is 2.31.